The largest absolute Gasteiger partial charge is 0.472 e. The van der Waals surface area contributed by atoms with Crippen molar-refractivity contribution < 1.29 is 19.4 Å². The zero-order chi connectivity index (χ0) is 28.8. The molecule has 0 fully saturated rings. The third kappa shape index (κ3) is 6.87. The number of nitrogens with zero attached hydrogens (tertiary/aromatic N) is 5. The van der Waals surface area contributed by atoms with Crippen LogP contribution in [-0.4, -0.2) is 74.7 Å². The number of carbonyl (C=O) groups is 1. The van der Waals surface area contributed by atoms with Gasteiger partial charge in [0.25, 0.3) is 5.91 Å². The van der Waals surface area contributed by atoms with Gasteiger partial charge in [-0.25, -0.2) is 15.0 Å². The van der Waals surface area contributed by atoms with Crippen LogP contribution in [0.3, 0.4) is 0 Å². The van der Waals surface area contributed by atoms with Gasteiger partial charge < -0.3 is 19.5 Å². The molecule has 4 aromatic rings. The number of likely N-dealkylation sites (N-methyl/N-ethyl adjacent to an activating group) is 1. The summed E-state index contributed by atoms with van der Waals surface area (Å²) in [6.07, 6.45) is 6.26. The predicted molar refractivity (Wildman–Crippen MR) is 156 cm³/mol. The lowest BCUT2D eigenvalue weighted by Crippen LogP contribution is -2.49. The normalized spacial score (nSPS) is 17.8. The lowest BCUT2D eigenvalue weighted by molar-refractivity contribution is 0.0325. The quantitative estimate of drug-likeness (QED) is 0.319. The molecule has 41 heavy (non-hydrogen) atoms. The number of ether oxygens (including phenoxy) is 2. The van der Waals surface area contributed by atoms with Crippen LogP contribution in [0, 0.1) is 5.92 Å². The lowest BCUT2D eigenvalue weighted by atomic mass is 9.99. The van der Waals surface area contributed by atoms with E-state index in [1.807, 2.05) is 49.4 Å². The Morgan fingerprint density at radius 3 is 2.46 bits per heavy atom. The van der Waals surface area contributed by atoms with Crippen molar-refractivity contribution in [2.75, 3.05) is 26.7 Å². The van der Waals surface area contributed by atoms with Crippen molar-refractivity contribution in [3.8, 4) is 28.5 Å². The smallest absolute Gasteiger partial charge is 0.259 e. The highest BCUT2D eigenvalue weighted by atomic mass is 16.5. The molecule has 0 aliphatic carbocycles. The van der Waals surface area contributed by atoms with Crippen LogP contribution < -0.4 is 9.47 Å². The van der Waals surface area contributed by atoms with Crippen molar-refractivity contribution in [3.63, 3.8) is 0 Å². The second-order valence-electron chi connectivity index (χ2n) is 10.6. The van der Waals surface area contributed by atoms with Crippen LogP contribution in [0.15, 0.2) is 85.6 Å². The molecule has 2 aromatic heterocycles. The summed E-state index contributed by atoms with van der Waals surface area (Å²) in [5, 5.41) is 9.94. The minimum Gasteiger partial charge on any atom is -0.472 e. The molecular formula is C32H35N5O4. The molecule has 212 valence electrons. The van der Waals surface area contributed by atoms with Crippen LogP contribution in [0.4, 0.5) is 0 Å². The van der Waals surface area contributed by atoms with Crippen molar-refractivity contribution in [1.82, 2.24) is 24.8 Å². The molecule has 3 heterocycles. The second-order valence-corrected chi connectivity index (χ2v) is 10.6. The number of aliphatic hydroxyl groups excluding tert-OH is 1. The van der Waals surface area contributed by atoms with Crippen molar-refractivity contribution >= 4 is 5.91 Å². The van der Waals surface area contributed by atoms with Crippen LogP contribution in [0.1, 0.15) is 29.8 Å². The number of aromatic nitrogens is 3. The van der Waals surface area contributed by atoms with Gasteiger partial charge in [-0.2, -0.15) is 0 Å². The van der Waals surface area contributed by atoms with Crippen LogP contribution in [0.5, 0.6) is 17.4 Å². The number of rotatable bonds is 9. The van der Waals surface area contributed by atoms with E-state index in [0.29, 0.717) is 25.2 Å². The zero-order valence-corrected chi connectivity index (χ0v) is 23.6. The molecule has 9 nitrogen and oxygen atoms in total. The number of pyridine rings is 1. The van der Waals surface area contributed by atoms with E-state index in [-0.39, 0.29) is 36.5 Å². The molecule has 1 aliphatic rings. The van der Waals surface area contributed by atoms with Crippen LogP contribution in [-0.2, 0) is 6.54 Å². The Labute approximate surface area is 240 Å². The van der Waals surface area contributed by atoms with Gasteiger partial charge in [-0.1, -0.05) is 37.3 Å². The molecule has 1 amide bonds. The fraction of sp³-hybridized carbons (Fsp3) is 0.312. The average molecular weight is 554 g/mol. The first-order valence-corrected chi connectivity index (χ1v) is 13.8. The summed E-state index contributed by atoms with van der Waals surface area (Å²) in [5.74, 6) is 1.65. The first-order chi connectivity index (χ1) is 19.9. The van der Waals surface area contributed by atoms with Gasteiger partial charge in [-0.15, -0.1) is 0 Å². The molecule has 9 heteroatoms. The van der Waals surface area contributed by atoms with Crippen molar-refractivity contribution in [1.29, 1.82) is 0 Å². The first-order valence-electron chi connectivity index (χ1n) is 13.8. The summed E-state index contributed by atoms with van der Waals surface area (Å²) in [6.45, 7) is 5.56. The minimum atomic E-state index is -0.352. The number of fused-ring (bicyclic) bond motifs is 1. The van der Waals surface area contributed by atoms with Crippen LogP contribution in [0.2, 0.25) is 0 Å². The summed E-state index contributed by atoms with van der Waals surface area (Å²) in [6, 6.07) is 19.2. The standard InChI is InChI=1S/C32H35N5O4/c1-22-17-37(23(2)20-38)32(39)29-13-25(26-14-33-21-34-15-26)16-35-31(29)41-30(22)19-36(3)18-24-9-11-28(12-10-24)40-27-7-5-4-6-8-27/h4-16,21-23,30,38H,17-20H2,1-3H3/t22-,23-,30-/m1/s1. The van der Waals surface area contributed by atoms with Gasteiger partial charge >= 0.3 is 0 Å². The van der Waals surface area contributed by atoms with E-state index in [1.165, 1.54) is 6.33 Å². The SMILES string of the molecule is C[C@@H]1CN([C@H](C)CO)C(=O)c2cc(-c3cncnc3)cnc2O[C@@H]1CN(C)Cc1ccc(Oc2ccccc2)cc1. The number of hydrogen-bond acceptors (Lipinski definition) is 8. The number of benzene rings is 2. The van der Waals surface area contributed by atoms with Gasteiger partial charge in [0.15, 0.2) is 0 Å². The molecule has 0 saturated carbocycles. The molecule has 0 bridgehead atoms. The predicted octanol–water partition coefficient (Wildman–Crippen LogP) is 4.68. The third-order valence-corrected chi connectivity index (χ3v) is 7.26. The van der Waals surface area contributed by atoms with Crippen LogP contribution >= 0.6 is 0 Å². The lowest BCUT2D eigenvalue weighted by Gasteiger charge is -2.37. The number of amides is 1. The summed E-state index contributed by atoms with van der Waals surface area (Å²) in [7, 11) is 2.05. The van der Waals surface area contributed by atoms with E-state index in [2.05, 4.69) is 46.0 Å². The van der Waals surface area contributed by atoms with Gasteiger partial charge in [0.05, 0.1) is 12.6 Å². The maximum absolute atomic E-state index is 13.7. The highest BCUT2D eigenvalue weighted by Crippen LogP contribution is 2.30. The first kappa shape index (κ1) is 28.2. The molecule has 0 radical (unpaired) electrons. The average Bonchev–Trinajstić information content (AvgIpc) is 3.00. The summed E-state index contributed by atoms with van der Waals surface area (Å²) < 4.78 is 12.4. The Morgan fingerprint density at radius 1 is 1.05 bits per heavy atom. The number of aliphatic hydroxyl groups is 1. The fourth-order valence-electron chi connectivity index (χ4n) is 4.90. The Morgan fingerprint density at radius 2 is 1.76 bits per heavy atom. The summed E-state index contributed by atoms with van der Waals surface area (Å²) in [4.78, 5) is 30.3. The van der Waals surface area contributed by atoms with E-state index in [0.717, 1.165) is 28.2 Å². The molecule has 1 N–H and O–H groups in total. The molecule has 2 aromatic carbocycles. The van der Waals surface area contributed by atoms with Gasteiger partial charge in [0.1, 0.15) is 29.5 Å². The van der Waals surface area contributed by atoms with Gasteiger partial charge in [0, 0.05) is 55.3 Å². The molecule has 5 rings (SSSR count). The molecule has 0 spiro atoms. The molecular weight excluding hydrogens is 518 g/mol. The second kappa shape index (κ2) is 12.9. The monoisotopic (exact) mass is 553 g/mol. The van der Waals surface area contributed by atoms with Crippen LogP contribution in [0.25, 0.3) is 11.1 Å². The van der Waals surface area contributed by atoms with Crippen molar-refractivity contribution in [3.05, 3.63) is 96.7 Å². The van der Waals surface area contributed by atoms with E-state index < -0.39 is 0 Å². The number of hydrogen-bond donors (Lipinski definition) is 1. The molecule has 0 unspecified atom stereocenters. The van der Waals surface area contributed by atoms with E-state index in [1.54, 1.807) is 29.6 Å². The van der Waals surface area contributed by atoms with Gasteiger partial charge in [0.2, 0.25) is 5.88 Å². The molecule has 3 atom stereocenters. The van der Waals surface area contributed by atoms with Gasteiger partial charge in [-0.3, -0.25) is 9.69 Å². The Kier molecular flexibility index (Phi) is 8.86. The minimum absolute atomic E-state index is 0.00537. The maximum Gasteiger partial charge on any atom is 0.259 e. The zero-order valence-electron chi connectivity index (χ0n) is 23.6. The number of carbonyl (C=O) groups excluding carboxylic acids is 1. The number of para-hydroxylation sites is 1. The highest BCUT2D eigenvalue weighted by molar-refractivity contribution is 5.98. The molecule has 1 aliphatic heterocycles. The maximum atomic E-state index is 13.7. The van der Waals surface area contributed by atoms with E-state index in [9.17, 15) is 9.90 Å². The molecule has 0 saturated heterocycles. The summed E-state index contributed by atoms with van der Waals surface area (Å²) in [5.41, 5.74) is 2.98. The fourth-order valence-corrected chi connectivity index (χ4v) is 4.90. The highest BCUT2D eigenvalue weighted by Gasteiger charge is 2.34. The third-order valence-electron chi connectivity index (χ3n) is 7.26. The Bertz CT molecular complexity index is 1440. The Hall–Kier alpha value is -4.34. The topological polar surface area (TPSA) is 101 Å². The van der Waals surface area contributed by atoms with Crippen molar-refractivity contribution in [2.24, 2.45) is 5.92 Å². The van der Waals surface area contributed by atoms with Crippen molar-refractivity contribution in [2.45, 2.75) is 32.5 Å². The van der Waals surface area contributed by atoms with E-state index in [4.69, 9.17) is 9.47 Å². The van der Waals surface area contributed by atoms with E-state index >= 15 is 0 Å². The van der Waals surface area contributed by atoms with Gasteiger partial charge in [-0.05, 0) is 49.9 Å². The Balaban J connectivity index is 1.33. The summed E-state index contributed by atoms with van der Waals surface area (Å²) >= 11 is 0.